The van der Waals surface area contributed by atoms with Gasteiger partial charge in [-0.2, -0.15) is 12.6 Å². The molecule has 10 heavy (non-hydrogen) atoms. The smallest absolute Gasteiger partial charge is 0.190 e. The van der Waals surface area contributed by atoms with Crippen LogP contribution in [0.1, 0.15) is 13.3 Å². The number of aliphatic hydroxyl groups is 2. The Balaban J connectivity index is 3.82. The molecule has 0 radical (unpaired) electrons. The molecule has 0 aliphatic rings. The average molecular weight is 164 g/mol. The zero-order chi connectivity index (χ0) is 8.15. The Kier molecular flexibility index (Phi) is 4.68. The summed E-state index contributed by atoms with van der Waals surface area (Å²) in [4.78, 5) is 10.8. The third kappa shape index (κ3) is 2.68. The lowest BCUT2D eigenvalue weighted by Crippen LogP contribution is -2.32. The monoisotopic (exact) mass is 164 g/mol. The standard InChI is InChI=1S/C6H12O3S/c1-2-4(7)6(9)5(8)3-10/h4-5,7-8,10H,2-3H2,1H3/t4-,5?/m1/s1. The summed E-state index contributed by atoms with van der Waals surface area (Å²) in [5.41, 5.74) is 0. The van der Waals surface area contributed by atoms with Crippen LogP contribution in [0.15, 0.2) is 0 Å². The molecule has 0 rings (SSSR count). The Bertz CT molecular complexity index is 104. The molecule has 0 aromatic carbocycles. The minimum atomic E-state index is -1.13. The van der Waals surface area contributed by atoms with Gasteiger partial charge in [-0.25, -0.2) is 0 Å². The van der Waals surface area contributed by atoms with Crippen molar-refractivity contribution in [1.29, 1.82) is 0 Å². The second kappa shape index (κ2) is 4.71. The normalized spacial score (nSPS) is 16.4. The molecule has 2 atom stereocenters. The van der Waals surface area contributed by atoms with Crippen molar-refractivity contribution in [2.24, 2.45) is 0 Å². The van der Waals surface area contributed by atoms with Crippen LogP contribution >= 0.6 is 12.6 Å². The zero-order valence-corrected chi connectivity index (χ0v) is 6.71. The van der Waals surface area contributed by atoms with E-state index in [1.54, 1.807) is 6.92 Å². The maximum atomic E-state index is 10.8. The van der Waals surface area contributed by atoms with Crippen molar-refractivity contribution in [3.05, 3.63) is 0 Å². The first-order chi connectivity index (χ1) is 4.63. The second-order valence-electron chi connectivity index (χ2n) is 2.02. The van der Waals surface area contributed by atoms with Crippen molar-refractivity contribution in [2.45, 2.75) is 25.6 Å². The molecule has 0 saturated carbocycles. The maximum Gasteiger partial charge on any atom is 0.190 e. The molecule has 0 aromatic rings. The number of aliphatic hydroxyl groups excluding tert-OH is 2. The van der Waals surface area contributed by atoms with Gasteiger partial charge in [-0.05, 0) is 6.42 Å². The highest BCUT2D eigenvalue weighted by Crippen LogP contribution is 1.98. The van der Waals surface area contributed by atoms with Gasteiger partial charge in [0.2, 0.25) is 0 Å². The molecular formula is C6H12O3S. The second-order valence-corrected chi connectivity index (χ2v) is 2.39. The van der Waals surface area contributed by atoms with Crippen molar-refractivity contribution in [2.75, 3.05) is 5.75 Å². The van der Waals surface area contributed by atoms with E-state index in [-0.39, 0.29) is 5.75 Å². The quantitative estimate of drug-likeness (QED) is 0.496. The van der Waals surface area contributed by atoms with Crippen LogP contribution < -0.4 is 0 Å². The Morgan fingerprint density at radius 1 is 1.50 bits per heavy atom. The minimum Gasteiger partial charge on any atom is -0.385 e. The van der Waals surface area contributed by atoms with Crippen molar-refractivity contribution < 1.29 is 15.0 Å². The molecule has 0 aromatic heterocycles. The lowest BCUT2D eigenvalue weighted by atomic mass is 10.1. The van der Waals surface area contributed by atoms with Gasteiger partial charge >= 0.3 is 0 Å². The molecule has 1 unspecified atom stereocenters. The Morgan fingerprint density at radius 2 is 2.00 bits per heavy atom. The highest BCUT2D eigenvalue weighted by molar-refractivity contribution is 7.80. The van der Waals surface area contributed by atoms with Gasteiger partial charge in [0.1, 0.15) is 12.2 Å². The highest BCUT2D eigenvalue weighted by atomic mass is 32.1. The Hall–Kier alpha value is -0.0600. The first kappa shape index (κ1) is 9.94. The van der Waals surface area contributed by atoms with E-state index in [2.05, 4.69) is 12.6 Å². The summed E-state index contributed by atoms with van der Waals surface area (Å²) < 4.78 is 0. The van der Waals surface area contributed by atoms with E-state index in [1.165, 1.54) is 0 Å². The molecule has 2 N–H and O–H groups in total. The summed E-state index contributed by atoms with van der Waals surface area (Å²) in [5.74, 6) is -0.479. The van der Waals surface area contributed by atoms with Gasteiger partial charge in [-0.15, -0.1) is 0 Å². The van der Waals surface area contributed by atoms with Crippen LogP contribution in [0, 0.1) is 0 Å². The highest BCUT2D eigenvalue weighted by Gasteiger charge is 2.19. The number of hydrogen-bond acceptors (Lipinski definition) is 4. The SMILES string of the molecule is CC[C@@H](O)C(=O)C(O)CS. The molecular weight excluding hydrogens is 152 g/mol. The largest absolute Gasteiger partial charge is 0.385 e. The van der Waals surface area contributed by atoms with E-state index in [0.717, 1.165) is 0 Å². The van der Waals surface area contributed by atoms with E-state index in [1.807, 2.05) is 0 Å². The first-order valence-corrected chi connectivity index (χ1v) is 3.77. The first-order valence-electron chi connectivity index (χ1n) is 3.14. The summed E-state index contributed by atoms with van der Waals surface area (Å²) in [7, 11) is 0. The molecule has 0 aliphatic carbocycles. The van der Waals surface area contributed by atoms with E-state index < -0.39 is 18.0 Å². The minimum absolute atomic E-state index is 0.0654. The van der Waals surface area contributed by atoms with Crippen molar-refractivity contribution in [3.8, 4) is 0 Å². The van der Waals surface area contributed by atoms with E-state index in [9.17, 15) is 4.79 Å². The topological polar surface area (TPSA) is 57.5 Å². The molecule has 0 aliphatic heterocycles. The van der Waals surface area contributed by atoms with Gasteiger partial charge in [0, 0.05) is 5.75 Å². The van der Waals surface area contributed by atoms with Gasteiger partial charge < -0.3 is 10.2 Å². The van der Waals surface area contributed by atoms with Crippen molar-refractivity contribution in [1.82, 2.24) is 0 Å². The third-order valence-electron chi connectivity index (χ3n) is 1.22. The lowest BCUT2D eigenvalue weighted by Gasteiger charge is -2.09. The van der Waals surface area contributed by atoms with Crippen LogP contribution in [0.3, 0.4) is 0 Å². The van der Waals surface area contributed by atoms with Gasteiger partial charge in [0.05, 0.1) is 0 Å². The number of Topliss-reactive ketones (excluding diaryl/α,β-unsaturated/α-hetero) is 1. The zero-order valence-electron chi connectivity index (χ0n) is 5.82. The number of hydrogen-bond donors (Lipinski definition) is 3. The van der Waals surface area contributed by atoms with E-state index in [0.29, 0.717) is 6.42 Å². The number of carbonyl (C=O) groups is 1. The molecule has 4 heteroatoms. The fourth-order valence-corrected chi connectivity index (χ4v) is 0.693. The summed E-state index contributed by atoms with van der Waals surface area (Å²) in [6.07, 6.45) is -1.83. The van der Waals surface area contributed by atoms with Crippen LogP contribution in [0.2, 0.25) is 0 Å². The van der Waals surface area contributed by atoms with Crippen LogP contribution in [0.25, 0.3) is 0 Å². The van der Waals surface area contributed by atoms with Crippen LogP contribution in [-0.2, 0) is 4.79 Å². The average Bonchev–Trinajstić information content (AvgIpc) is 2.00. The Morgan fingerprint density at radius 3 is 2.30 bits per heavy atom. The van der Waals surface area contributed by atoms with Crippen molar-refractivity contribution >= 4 is 18.4 Å². The number of rotatable bonds is 4. The number of thiol groups is 1. The Labute approximate surface area is 65.5 Å². The summed E-state index contributed by atoms with van der Waals surface area (Å²) in [6.45, 7) is 1.67. The molecule has 0 spiro atoms. The van der Waals surface area contributed by atoms with Gasteiger partial charge in [-0.1, -0.05) is 6.92 Å². The van der Waals surface area contributed by atoms with Crippen molar-refractivity contribution in [3.63, 3.8) is 0 Å². The third-order valence-corrected chi connectivity index (χ3v) is 1.56. The molecule has 0 fully saturated rings. The van der Waals surface area contributed by atoms with E-state index >= 15 is 0 Å². The number of ketones is 1. The molecule has 0 bridgehead atoms. The molecule has 60 valence electrons. The maximum absolute atomic E-state index is 10.8. The predicted molar refractivity (Wildman–Crippen MR) is 41.2 cm³/mol. The fraction of sp³-hybridized carbons (Fsp3) is 0.833. The molecule has 3 nitrogen and oxygen atoms in total. The summed E-state index contributed by atoms with van der Waals surface area (Å²) in [6, 6.07) is 0. The molecule has 0 saturated heterocycles. The predicted octanol–water partition coefficient (Wildman–Crippen LogP) is -0.383. The molecule has 0 heterocycles. The van der Waals surface area contributed by atoms with Gasteiger partial charge in [-0.3, -0.25) is 4.79 Å². The number of carbonyl (C=O) groups excluding carboxylic acids is 1. The van der Waals surface area contributed by atoms with Gasteiger partial charge in [0.25, 0.3) is 0 Å². The van der Waals surface area contributed by atoms with Crippen LogP contribution in [0.5, 0.6) is 0 Å². The van der Waals surface area contributed by atoms with Gasteiger partial charge in [0.15, 0.2) is 5.78 Å². The lowest BCUT2D eigenvalue weighted by molar-refractivity contribution is -0.134. The summed E-state index contributed by atoms with van der Waals surface area (Å²) >= 11 is 3.71. The fourth-order valence-electron chi connectivity index (χ4n) is 0.513. The van der Waals surface area contributed by atoms with Crippen LogP contribution in [-0.4, -0.2) is 34.0 Å². The summed E-state index contributed by atoms with van der Waals surface area (Å²) in [5, 5.41) is 17.7. The van der Waals surface area contributed by atoms with Crippen LogP contribution in [0.4, 0.5) is 0 Å². The van der Waals surface area contributed by atoms with E-state index in [4.69, 9.17) is 10.2 Å². The molecule has 0 amide bonds.